The van der Waals surface area contributed by atoms with E-state index >= 15 is 0 Å². The second kappa shape index (κ2) is 5.43. The molecule has 13 heavy (non-hydrogen) atoms. The van der Waals surface area contributed by atoms with Gasteiger partial charge < -0.3 is 0 Å². The number of hydrogen-bond acceptors (Lipinski definition) is 0. The van der Waals surface area contributed by atoms with Gasteiger partial charge in [-0.05, 0) is 38.7 Å². The molecule has 0 saturated heterocycles. The van der Waals surface area contributed by atoms with Crippen molar-refractivity contribution in [1.29, 1.82) is 0 Å². The lowest BCUT2D eigenvalue weighted by molar-refractivity contribution is 0.804. The summed E-state index contributed by atoms with van der Waals surface area (Å²) in [5.74, 6) is 0. The van der Waals surface area contributed by atoms with Crippen LogP contribution in [-0.2, 0) is 6.42 Å². The molecule has 0 atom stereocenters. The SMILES string of the molecule is Cc1cc(C)cc(CCCCBr)c1. The van der Waals surface area contributed by atoms with Crippen LogP contribution in [0.25, 0.3) is 0 Å². The molecule has 0 radical (unpaired) electrons. The van der Waals surface area contributed by atoms with Gasteiger partial charge >= 0.3 is 0 Å². The van der Waals surface area contributed by atoms with Crippen molar-refractivity contribution >= 4 is 15.9 Å². The summed E-state index contributed by atoms with van der Waals surface area (Å²) < 4.78 is 0. The number of halogens is 1. The zero-order valence-corrected chi connectivity index (χ0v) is 10.0. The maximum Gasteiger partial charge on any atom is 0.00314 e. The Morgan fingerprint density at radius 2 is 1.62 bits per heavy atom. The van der Waals surface area contributed by atoms with Crippen molar-refractivity contribution in [1.82, 2.24) is 0 Å². The minimum absolute atomic E-state index is 1.12. The van der Waals surface area contributed by atoms with E-state index in [9.17, 15) is 0 Å². The predicted octanol–water partition coefficient (Wildman–Crippen LogP) is 4.02. The number of aryl methyl sites for hydroxylation is 3. The Labute approximate surface area is 89.5 Å². The first-order valence-electron chi connectivity index (χ1n) is 4.85. The lowest BCUT2D eigenvalue weighted by Gasteiger charge is -2.03. The van der Waals surface area contributed by atoms with E-state index in [1.807, 2.05) is 0 Å². The van der Waals surface area contributed by atoms with Crippen molar-refractivity contribution in [3.8, 4) is 0 Å². The van der Waals surface area contributed by atoms with Crippen LogP contribution in [0.1, 0.15) is 29.5 Å². The smallest absolute Gasteiger partial charge is 0.00314 e. The van der Waals surface area contributed by atoms with Gasteiger partial charge in [-0.2, -0.15) is 0 Å². The van der Waals surface area contributed by atoms with E-state index in [1.165, 1.54) is 36.0 Å². The lowest BCUT2D eigenvalue weighted by Crippen LogP contribution is -1.88. The van der Waals surface area contributed by atoms with E-state index in [2.05, 4.69) is 48.0 Å². The molecule has 0 fully saturated rings. The van der Waals surface area contributed by atoms with Crippen LogP contribution in [0.4, 0.5) is 0 Å². The van der Waals surface area contributed by atoms with Crippen LogP contribution in [-0.4, -0.2) is 5.33 Å². The maximum atomic E-state index is 3.45. The molecule has 0 amide bonds. The standard InChI is InChI=1S/C12H17Br/c1-10-7-11(2)9-12(8-10)5-3-4-6-13/h7-9H,3-6H2,1-2H3. The van der Waals surface area contributed by atoms with Gasteiger partial charge in [0.2, 0.25) is 0 Å². The number of benzene rings is 1. The third-order valence-electron chi connectivity index (χ3n) is 2.13. The monoisotopic (exact) mass is 240 g/mol. The van der Waals surface area contributed by atoms with E-state index in [-0.39, 0.29) is 0 Å². The van der Waals surface area contributed by atoms with E-state index in [0.29, 0.717) is 0 Å². The quantitative estimate of drug-likeness (QED) is 0.551. The highest BCUT2D eigenvalue weighted by atomic mass is 79.9. The van der Waals surface area contributed by atoms with E-state index in [4.69, 9.17) is 0 Å². The number of hydrogen-bond donors (Lipinski definition) is 0. The highest BCUT2D eigenvalue weighted by Gasteiger charge is 1.95. The molecule has 0 heterocycles. The molecular weight excluding hydrogens is 224 g/mol. The second-order valence-corrected chi connectivity index (χ2v) is 4.44. The topological polar surface area (TPSA) is 0 Å². The number of alkyl halides is 1. The molecule has 1 aromatic carbocycles. The van der Waals surface area contributed by atoms with Gasteiger partial charge in [0.25, 0.3) is 0 Å². The lowest BCUT2D eigenvalue weighted by atomic mass is 10.0. The number of unbranched alkanes of at least 4 members (excludes halogenated alkanes) is 1. The van der Waals surface area contributed by atoms with E-state index in [1.54, 1.807) is 0 Å². The van der Waals surface area contributed by atoms with Crippen molar-refractivity contribution in [2.45, 2.75) is 33.1 Å². The Balaban J connectivity index is 2.56. The predicted molar refractivity (Wildman–Crippen MR) is 62.6 cm³/mol. The van der Waals surface area contributed by atoms with Crippen LogP contribution in [0.15, 0.2) is 18.2 Å². The van der Waals surface area contributed by atoms with Crippen LogP contribution in [0.3, 0.4) is 0 Å². The van der Waals surface area contributed by atoms with Gasteiger partial charge in [-0.3, -0.25) is 0 Å². The van der Waals surface area contributed by atoms with Crippen LogP contribution < -0.4 is 0 Å². The Morgan fingerprint density at radius 1 is 1.00 bits per heavy atom. The molecule has 0 spiro atoms. The van der Waals surface area contributed by atoms with Gasteiger partial charge in [0.05, 0.1) is 0 Å². The molecule has 0 nitrogen and oxygen atoms in total. The molecule has 0 aliphatic carbocycles. The normalized spacial score (nSPS) is 10.4. The van der Waals surface area contributed by atoms with E-state index < -0.39 is 0 Å². The molecule has 1 heteroatoms. The largest absolute Gasteiger partial charge is 0.0928 e. The molecular formula is C12H17Br. The van der Waals surface area contributed by atoms with Crippen molar-refractivity contribution < 1.29 is 0 Å². The zero-order valence-electron chi connectivity index (χ0n) is 8.44. The first-order valence-corrected chi connectivity index (χ1v) is 5.97. The minimum Gasteiger partial charge on any atom is -0.0928 e. The molecule has 0 aliphatic heterocycles. The highest BCUT2D eigenvalue weighted by molar-refractivity contribution is 9.09. The van der Waals surface area contributed by atoms with Gasteiger partial charge in [-0.1, -0.05) is 45.3 Å². The van der Waals surface area contributed by atoms with Crippen LogP contribution in [0, 0.1) is 13.8 Å². The third-order valence-corrected chi connectivity index (χ3v) is 2.69. The average molecular weight is 241 g/mol. The molecule has 0 bridgehead atoms. The molecule has 1 aromatic rings. The summed E-state index contributed by atoms with van der Waals surface area (Å²) in [6.07, 6.45) is 3.77. The van der Waals surface area contributed by atoms with Crippen LogP contribution >= 0.6 is 15.9 Å². The molecule has 72 valence electrons. The third kappa shape index (κ3) is 3.95. The molecule has 0 aliphatic rings. The van der Waals surface area contributed by atoms with Gasteiger partial charge in [0.15, 0.2) is 0 Å². The van der Waals surface area contributed by atoms with Crippen LogP contribution in [0.5, 0.6) is 0 Å². The molecule has 0 aromatic heterocycles. The summed E-state index contributed by atoms with van der Waals surface area (Å²) in [6.45, 7) is 4.34. The summed E-state index contributed by atoms with van der Waals surface area (Å²) in [6, 6.07) is 6.82. The Morgan fingerprint density at radius 3 is 2.15 bits per heavy atom. The fourth-order valence-electron chi connectivity index (χ4n) is 1.64. The van der Waals surface area contributed by atoms with Crippen LogP contribution in [0.2, 0.25) is 0 Å². The summed E-state index contributed by atoms with van der Waals surface area (Å²) in [5, 5.41) is 1.12. The van der Waals surface area contributed by atoms with Gasteiger partial charge in [0, 0.05) is 5.33 Å². The zero-order chi connectivity index (χ0) is 9.68. The highest BCUT2D eigenvalue weighted by Crippen LogP contribution is 2.11. The summed E-state index contributed by atoms with van der Waals surface area (Å²) >= 11 is 3.45. The minimum atomic E-state index is 1.12. The first-order chi connectivity index (χ1) is 6.22. The molecule has 0 unspecified atom stereocenters. The summed E-state index contributed by atoms with van der Waals surface area (Å²) in [7, 11) is 0. The number of rotatable bonds is 4. The molecule has 0 saturated carbocycles. The van der Waals surface area contributed by atoms with Gasteiger partial charge in [0.1, 0.15) is 0 Å². The van der Waals surface area contributed by atoms with E-state index in [0.717, 1.165) is 5.33 Å². The molecule has 1 rings (SSSR count). The van der Waals surface area contributed by atoms with Crippen molar-refractivity contribution in [2.75, 3.05) is 5.33 Å². The molecule has 0 N–H and O–H groups in total. The second-order valence-electron chi connectivity index (χ2n) is 3.64. The Hall–Kier alpha value is -0.300. The Kier molecular flexibility index (Phi) is 4.51. The van der Waals surface area contributed by atoms with Crippen molar-refractivity contribution in [2.24, 2.45) is 0 Å². The van der Waals surface area contributed by atoms with Gasteiger partial charge in [-0.25, -0.2) is 0 Å². The fraction of sp³-hybridized carbons (Fsp3) is 0.500. The average Bonchev–Trinajstić information content (AvgIpc) is 2.03. The first kappa shape index (κ1) is 10.8. The Bertz CT molecular complexity index is 246. The summed E-state index contributed by atoms with van der Waals surface area (Å²) in [4.78, 5) is 0. The summed E-state index contributed by atoms with van der Waals surface area (Å²) in [5.41, 5.74) is 4.25. The van der Waals surface area contributed by atoms with Gasteiger partial charge in [-0.15, -0.1) is 0 Å². The fourth-order valence-corrected chi connectivity index (χ4v) is 2.03. The van der Waals surface area contributed by atoms with Crippen molar-refractivity contribution in [3.63, 3.8) is 0 Å². The maximum absolute atomic E-state index is 3.45. The van der Waals surface area contributed by atoms with Crippen molar-refractivity contribution in [3.05, 3.63) is 34.9 Å².